The van der Waals surface area contributed by atoms with Crippen molar-refractivity contribution in [3.8, 4) is 0 Å². The molecule has 0 aliphatic heterocycles. The van der Waals surface area contributed by atoms with Crippen LogP contribution >= 0.6 is 0 Å². The lowest BCUT2D eigenvalue weighted by atomic mass is 10.1. The van der Waals surface area contributed by atoms with Gasteiger partial charge in [-0.25, -0.2) is 4.98 Å². The van der Waals surface area contributed by atoms with Gasteiger partial charge in [-0.15, -0.1) is 0 Å². The summed E-state index contributed by atoms with van der Waals surface area (Å²) < 4.78 is 0. The smallest absolute Gasteiger partial charge is 0.300 e. The van der Waals surface area contributed by atoms with Gasteiger partial charge in [-0.2, -0.15) is 0 Å². The second-order valence-corrected chi connectivity index (χ2v) is 4.58. The summed E-state index contributed by atoms with van der Waals surface area (Å²) in [6.07, 6.45) is 1.94. The molecule has 1 aromatic rings. The summed E-state index contributed by atoms with van der Waals surface area (Å²) in [5.41, 5.74) is 5.14. The molecule has 1 unspecified atom stereocenters. The first-order valence-electron chi connectivity index (χ1n) is 6.02. The van der Waals surface area contributed by atoms with Gasteiger partial charge >= 0.3 is 0 Å². The lowest BCUT2D eigenvalue weighted by Gasteiger charge is -2.20. The highest BCUT2D eigenvalue weighted by Gasteiger charge is 2.24. The number of rotatable bonds is 5. The van der Waals surface area contributed by atoms with E-state index in [4.69, 9.17) is 5.73 Å². The van der Waals surface area contributed by atoms with Gasteiger partial charge in [0.1, 0.15) is 17.6 Å². The van der Waals surface area contributed by atoms with Crippen molar-refractivity contribution in [1.29, 1.82) is 0 Å². The molecule has 0 aliphatic rings. The van der Waals surface area contributed by atoms with Crippen LogP contribution in [0, 0.1) is 16.0 Å². The molecule has 104 valence electrons. The number of nitrogens with zero attached hydrogens (tertiary/aromatic N) is 3. The first-order valence-corrected chi connectivity index (χ1v) is 6.02. The summed E-state index contributed by atoms with van der Waals surface area (Å²) in [7, 11) is 1.62. The molecule has 1 atom stereocenters. The molecule has 1 heterocycles. The highest BCUT2D eigenvalue weighted by atomic mass is 16.6. The fraction of sp³-hybridized carbons (Fsp3) is 0.500. The van der Waals surface area contributed by atoms with Crippen LogP contribution in [-0.2, 0) is 0 Å². The molecular formula is C12H18N4O3. The highest BCUT2D eigenvalue weighted by Crippen LogP contribution is 2.21. The van der Waals surface area contributed by atoms with E-state index in [0.717, 1.165) is 12.6 Å². The molecule has 0 aromatic carbocycles. The summed E-state index contributed by atoms with van der Waals surface area (Å²) in [5, 5.41) is 10.9. The Morgan fingerprint density at radius 1 is 1.63 bits per heavy atom. The predicted molar refractivity (Wildman–Crippen MR) is 71.7 cm³/mol. The average molecular weight is 266 g/mol. The van der Waals surface area contributed by atoms with E-state index in [1.807, 2.05) is 13.8 Å². The van der Waals surface area contributed by atoms with Crippen molar-refractivity contribution in [2.45, 2.75) is 20.3 Å². The van der Waals surface area contributed by atoms with Gasteiger partial charge in [0.15, 0.2) is 0 Å². The zero-order chi connectivity index (χ0) is 14.6. The minimum absolute atomic E-state index is 0.0247. The number of nitrogen functional groups attached to an aromatic ring is 1. The number of pyridine rings is 1. The van der Waals surface area contributed by atoms with Crippen LogP contribution in [0.2, 0.25) is 0 Å². The molecule has 0 radical (unpaired) electrons. The van der Waals surface area contributed by atoms with E-state index < -0.39 is 10.8 Å². The third-order valence-electron chi connectivity index (χ3n) is 2.96. The summed E-state index contributed by atoms with van der Waals surface area (Å²) in [4.78, 5) is 27.6. The summed E-state index contributed by atoms with van der Waals surface area (Å²) in [5.74, 6) is -0.000759. The normalized spacial score (nSPS) is 11.9. The molecule has 2 N–H and O–H groups in total. The SMILES string of the molecule is CCC(C)CN(C)C(=O)c1cc(N)ncc1[N+](=O)[O-]. The number of nitrogens with two attached hydrogens (primary N) is 1. The van der Waals surface area contributed by atoms with E-state index in [0.29, 0.717) is 12.5 Å². The first kappa shape index (κ1) is 14.9. The second-order valence-electron chi connectivity index (χ2n) is 4.58. The van der Waals surface area contributed by atoms with Gasteiger partial charge in [-0.3, -0.25) is 14.9 Å². The number of anilines is 1. The molecule has 1 amide bonds. The van der Waals surface area contributed by atoms with Crippen LogP contribution in [0.5, 0.6) is 0 Å². The number of nitro groups is 1. The zero-order valence-corrected chi connectivity index (χ0v) is 11.3. The van der Waals surface area contributed by atoms with Crippen molar-refractivity contribution < 1.29 is 9.72 Å². The van der Waals surface area contributed by atoms with E-state index in [1.165, 1.54) is 11.0 Å². The molecule has 7 heteroatoms. The van der Waals surface area contributed by atoms with Gasteiger partial charge in [0.05, 0.1) is 4.92 Å². The van der Waals surface area contributed by atoms with E-state index in [9.17, 15) is 14.9 Å². The summed E-state index contributed by atoms with van der Waals surface area (Å²) >= 11 is 0. The maximum Gasteiger partial charge on any atom is 0.300 e. The van der Waals surface area contributed by atoms with Crippen LogP contribution in [0.1, 0.15) is 30.6 Å². The Labute approximate surface area is 111 Å². The van der Waals surface area contributed by atoms with Crippen molar-refractivity contribution >= 4 is 17.4 Å². The third kappa shape index (κ3) is 3.64. The van der Waals surface area contributed by atoms with Crippen molar-refractivity contribution in [3.63, 3.8) is 0 Å². The van der Waals surface area contributed by atoms with Gasteiger partial charge in [0.2, 0.25) is 0 Å². The first-order chi connectivity index (χ1) is 8.86. The Balaban J connectivity index is 3.04. The largest absolute Gasteiger partial charge is 0.384 e. The lowest BCUT2D eigenvalue weighted by molar-refractivity contribution is -0.385. The molecule has 0 fully saturated rings. The molecule has 0 bridgehead atoms. The van der Waals surface area contributed by atoms with Crippen LogP contribution in [0.15, 0.2) is 12.3 Å². The quantitative estimate of drug-likeness (QED) is 0.645. The average Bonchev–Trinajstić information content (AvgIpc) is 2.36. The predicted octanol–water partition coefficient (Wildman–Crippen LogP) is 1.69. The van der Waals surface area contributed by atoms with Crippen molar-refractivity contribution in [1.82, 2.24) is 9.88 Å². The molecule has 7 nitrogen and oxygen atoms in total. The van der Waals surface area contributed by atoms with Crippen molar-refractivity contribution in [2.24, 2.45) is 5.92 Å². The topological polar surface area (TPSA) is 102 Å². The van der Waals surface area contributed by atoms with Crippen molar-refractivity contribution in [3.05, 3.63) is 27.9 Å². The number of amides is 1. The van der Waals surface area contributed by atoms with Gasteiger partial charge in [-0.1, -0.05) is 20.3 Å². The van der Waals surface area contributed by atoms with Crippen molar-refractivity contribution in [2.75, 3.05) is 19.3 Å². The minimum Gasteiger partial charge on any atom is -0.384 e. The van der Waals surface area contributed by atoms with Gasteiger partial charge in [-0.05, 0) is 12.0 Å². The van der Waals surface area contributed by atoms with Crippen LogP contribution in [0.25, 0.3) is 0 Å². The number of hydrogen-bond donors (Lipinski definition) is 1. The van der Waals surface area contributed by atoms with E-state index >= 15 is 0 Å². The standard InChI is InChI=1S/C12H18N4O3/c1-4-8(2)7-15(3)12(17)9-5-11(13)14-6-10(9)16(18)19/h5-6,8H,4,7H2,1-3H3,(H2,13,14). The zero-order valence-electron chi connectivity index (χ0n) is 11.3. The molecule has 19 heavy (non-hydrogen) atoms. The monoisotopic (exact) mass is 266 g/mol. The van der Waals surface area contributed by atoms with E-state index in [2.05, 4.69) is 4.98 Å². The fourth-order valence-corrected chi connectivity index (χ4v) is 1.67. The Hall–Kier alpha value is -2.18. The molecule has 0 aliphatic carbocycles. The molecule has 1 rings (SSSR count). The second kappa shape index (κ2) is 6.12. The number of hydrogen-bond acceptors (Lipinski definition) is 5. The van der Waals surface area contributed by atoms with Gasteiger partial charge in [0.25, 0.3) is 11.6 Å². The molecular weight excluding hydrogens is 248 g/mol. The van der Waals surface area contributed by atoms with Crippen LogP contribution in [0.4, 0.5) is 11.5 Å². The molecule has 0 spiro atoms. The maximum atomic E-state index is 12.2. The van der Waals surface area contributed by atoms with Gasteiger partial charge in [0, 0.05) is 13.6 Å². The third-order valence-corrected chi connectivity index (χ3v) is 2.96. The Bertz CT molecular complexity index is 490. The molecule has 0 saturated carbocycles. The maximum absolute atomic E-state index is 12.2. The molecule has 1 aromatic heterocycles. The van der Waals surface area contributed by atoms with E-state index in [-0.39, 0.29) is 17.1 Å². The Morgan fingerprint density at radius 3 is 2.79 bits per heavy atom. The lowest BCUT2D eigenvalue weighted by Crippen LogP contribution is -2.31. The molecule has 0 saturated heterocycles. The highest BCUT2D eigenvalue weighted by molar-refractivity contribution is 5.98. The number of aromatic nitrogens is 1. The minimum atomic E-state index is -0.628. The fourth-order valence-electron chi connectivity index (χ4n) is 1.67. The van der Waals surface area contributed by atoms with Crippen LogP contribution in [0.3, 0.4) is 0 Å². The Kier molecular flexibility index (Phi) is 4.80. The number of carbonyl (C=O) groups is 1. The Morgan fingerprint density at radius 2 is 2.26 bits per heavy atom. The summed E-state index contributed by atoms with van der Waals surface area (Å²) in [6.45, 7) is 4.57. The summed E-state index contributed by atoms with van der Waals surface area (Å²) in [6, 6.07) is 1.24. The van der Waals surface area contributed by atoms with E-state index in [1.54, 1.807) is 7.05 Å². The van der Waals surface area contributed by atoms with Gasteiger partial charge < -0.3 is 10.6 Å². The van der Waals surface area contributed by atoms with Crippen LogP contribution < -0.4 is 5.73 Å². The van der Waals surface area contributed by atoms with Crippen LogP contribution in [-0.4, -0.2) is 34.3 Å². The number of carbonyl (C=O) groups excluding carboxylic acids is 1.